The van der Waals surface area contributed by atoms with Gasteiger partial charge in [-0.3, -0.25) is 4.98 Å². The summed E-state index contributed by atoms with van der Waals surface area (Å²) in [5.41, 5.74) is 0.904. The summed E-state index contributed by atoms with van der Waals surface area (Å²) in [7, 11) is -3.61. The molecule has 0 aliphatic rings. The normalized spacial score (nSPS) is 12.5. The van der Waals surface area contributed by atoms with Gasteiger partial charge < -0.3 is 5.32 Å². The fraction of sp³-hybridized carbons (Fsp3) is 0.250. The largest absolute Gasteiger partial charge is 0.315 e. The van der Waals surface area contributed by atoms with Gasteiger partial charge in [-0.2, -0.15) is 0 Å². The maximum absolute atomic E-state index is 13.1. The summed E-state index contributed by atoms with van der Waals surface area (Å²) in [4.78, 5) is 4.26. The zero-order chi connectivity index (χ0) is 19.3. The van der Waals surface area contributed by atoms with Gasteiger partial charge in [0.2, 0.25) is 10.0 Å². The van der Waals surface area contributed by atoms with E-state index in [9.17, 15) is 12.8 Å². The van der Waals surface area contributed by atoms with Gasteiger partial charge in [0.15, 0.2) is 0 Å². The predicted octanol–water partition coefficient (Wildman–Crippen LogP) is 3.29. The molecule has 0 aliphatic carbocycles. The molecule has 0 bridgehead atoms. The van der Waals surface area contributed by atoms with Gasteiger partial charge in [0.05, 0.1) is 4.90 Å². The third kappa shape index (κ3) is 5.97. The van der Waals surface area contributed by atoms with Crippen LogP contribution in [-0.2, 0) is 16.4 Å². The van der Waals surface area contributed by atoms with E-state index in [1.807, 2.05) is 6.07 Å². The van der Waals surface area contributed by atoms with Crippen molar-refractivity contribution in [2.24, 2.45) is 0 Å². The Morgan fingerprint density at radius 2 is 1.93 bits per heavy atom. The summed E-state index contributed by atoms with van der Waals surface area (Å²) >= 11 is 0. The first-order valence-electron chi connectivity index (χ1n) is 8.75. The van der Waals surface area contributed by atoms with Gasteiger partial charge in [-0.05, 0) is 61.2 Å². The lowest BCUT2D eigenvalue weighted by Crippen LogP contribution is -2.40. The van der Waals surface area contributed by atoms with Gasteiger partial charge in [0.25, 0.3) is 0 Å². The third-order valence-corrected chi connectivity index (χ3v) is 5.80. The van der Waals surface area contributed by atoms with E-state index in [1.54, 1.807) is 49.6 Å². The van der Waals surface area contributed by atoms with Crippen LogP contribution in [0.25, 0.3) is 10.8 Å². The van der Waals surface area contributed by atoms with Crippen LogP contribution in [0.4, 0.5) is 4.39 Å². The van der Waals surface area contributed by atoms with Crippen LogP contribution in [0, 0.1) is 5.82 Å². The van der Waals surface area contributed by atoms with Crippen LogP contribution in [0.2, 0.25) is 0 Å². The van der Waals surface area contributed by atoms with Crippen molar-refractivity contribution in [3.63, 3.8) is 0 Å². The number of benzene rings is 2. The average molecular weight is 424 g/mol. The molecule has 0 spiro atoms. The molecule has 5 nitrogen and oxygen atoms in total. The zero-order valence-electron chi connectivity index (χ0n) is 15.4. The van der Waals surface area contributed by atoms with Crippen LogP contribution in [0.3, 0.4) is 0 Å². The molecular weight excluding hydrogens is 401 g/mol. The number of hydrogen-bond acceptors (Lipinski definition) is 4. The number of nitrogens with one attached hydrogen (secondary N) is 2. The molecular formula is C20H23ClFN3O2S. The molecule has 0 unspecified atom stereocenters. The van der Waals surface area contributed by atoms with E-state index in [0.717, 1.165) is 16.3 Å². The van der Waals surface area contributed by atoms with E-state index >= 15 is 0 Å². The van der Waals surface area contributed by atoms with Crippen molar-refractivity contribution in [3.8, 4) is 0 Å². The molecule has 0 saturated carbocycles. The fourth-order valence-electron chi connectivity index (χ4n) is 2.85. The van der Waals surface area contributed by atoms with E-state index < -0.39 is 10.0 Å². The van der Waals surface area contributed by atoms with Crippen LogP contribution in [0.5, 0.6) is 0 Å². The lowest BCUT2D eigenvalue weighted by atomic mass is 10.1. The third-order valence-electron chi connectivity index (χ3n) is 4.21. The van der Waals surface area contributed by atoms with E-state index in [-0.39, 0.29) is 29.2 Å². The Morgan fingerprint density at radius 1 is 1.11 bits per heavy atom. The van der Waals surface area contributed by atoms with Crippen molar-refractivity contribution in [1.82, 2.24) is 15.0 Å². The Balaban J connectivity index is 0.00000280. The standard InChI is InChI=1S/C20H22FN3O2S.ClH/c1-15(13-22-9-7-16-3-2-4-19(21)11-16)24-27(25,26)20-6-5-18-14-23-10-8-17(18)12-20;/h2-6,8,10-12,14-15,22,24H,7,9,13H2,1H3;1H/t15-;/m1./s1. The minimum absolute atomic E-state index is 0. The first-order valence-corrected chi connectivity index (χ1v) is 10.2. The molecule has 3 aromatic rings. The Morgan fingerprint density at radius 3 is 2.71 bits per heavy atom. The molecule has 0 aliphatic heterocycles. The van der Waals surface area contributed by atoms with Gasteiger partial charge in [0, 0.05) is 30.4 Å². The smallest absolute Gasteiger partial charge is 0.240 e. The second kappa shape index (κ2) is 9.93. The average Bonchev–Trinajstić information content (AvgIpc) is 2.64. The number of sulfonamides is 1. The molecule has 0 fully saturated rings. The number of hydrogen-bond donors (Lipinski definition) is 2. The van der Waals surface area contributed by atoms with Crippen molar-refractivity contribution in [1.29, 1.82) is 0 Å². The number of nitrogens with zero attached hydrogens (tertiary/aromatic N) is 1. The highest BCUT2D eigenvalue weighted by Gasteiger charge is 2.17. The van der Waals surface area contributed by atoms with E-state index in [0.29, 0.717) is 19.5 Å². The summed E-state index contributed by atoms with van der Waals surface area (Å²) in [6.45, 7) is 2.92. The van der Waals surface area contributed by atoms with Crippen molar-refractivity contribution >= 4 is 33.2 Å². The highest BCUT2D eigenvalue weighted by Crippen LogP contribution is 2.18. The number of halogens is 2. The van der Waals surface area contributed by atoms with Gasteiger partial charge in [0.1, 0.15) is 5.82 Å². The van der Waals surface area contributed by atoms with Crippen LogP contribution >= 0.6 is 12.4 Å². The van der Waals surface area contributed by atoms with Crippen LogP contribution in [0.1, 0.15) is 12.5 Å². The number of aromatic nitrogens is 1. The topological polar surface area (TPSA) is 71.1 Å². The molecule has 2 aromatic carbocycles. The van der Waals surface area contributed by atoms with E-state index in [4.69, 9.17) is 0 Å². The second-order valence-electron chi connectivity index (χ2n) is 6.49. The van der Waals surface area contributed by atoms with Crippen LogP contribution < -0.4 is 10.0 Å². The maximum Gasteiger partial charge on any atom is 0.240 e. The summed E-state index contributed by atoms with van der Waals surface area (Å²) in [5, 5.41) is 4.92. The van der Waals surface area contributed by atoms with Crippen molar-refractivity contribution in [2.75, 3.05) is 13.1 Å². The molecule has 0 radical (unpaired) electrons. The Labute approximate surface area is 170 Å². The Kier molecular flexibility index (Phi) is 7.88. The predicted molar refractivity (Wildman–Crippen MR) is 112 cm³/mol. The number of pyridine rings is 1. The van der Waals surface area contributed by atoms with E-state index in [2.05, 4.69) is 15.0 Å². The van der Waals surface area contributed by atoms with Gasteiger partial charge >= 0.3 is 0 Å². The molecule has 2 N–H and O–H groups in total. The lowest BCUT2D eigenvalue weighted by Gasteiger charge is -2.15. The second-order valence-corrected chi connectivity index (χ2v) is 8.20. The highest BCUT2D eigenvalue weighted by atomic mass is 35.5. The molecule has 28 heavy (non-hydrogen) atoms. The minimum Gasteiger partial charge on any atom is -0.315 e. The van der Waals surface area contributed by atoms with Crippen LogP contribution in [-0.4, -0.2) is 32.5 Å². The number of fused-ring (bicyclic) bond motifs is 1. The zero-order valence-corrected chi connectivity index (χ0v) is 17.1. The minimum atomic E-state index is -3.61. The first kappa shape index (κ1) is 22.2. The summed E-state index contributed by atoms with van der Waals surface area (Å²) in [6.07, 6.45) is 4.01. The molecule has 1 heterocycles. The monoisotopic (exact) mass is 423 g/mol. The number of rotatable bonds is 8. The van der Waals surface area contributed by atoms with Gasteiger partial charge in [-0.1, -0.05) is 18.2 Å². The molecule has 1 aromatic heterocycles. The van der Waals surface area contributed by atoms with Gasteiger partial charge in [-0.25, -0.2) is 17.5 Å². The molecule has 3 rings (SSSR count). The summed E-state index contributed by atoms with van der Waals surface area (Å²) in [5.74, 6) is -0.250. The molecule has 0 saturated heterocycles. The molecule has 0 amide bonds. The SMILES string of the molecule is C[C@H](CNCCc1cccc(F)c1)NS(=O)(=O)c1ccc2cnccc2c1.Cl. The lowest BCUT2D eigenvalue weighted by molar-refractivity contribution is 0.537. The van der Waals surface area contributed by atoms with Crippen molar-refractivity contribution < 1.29 is 12.8 Å². The van der Waals surface area contributed by atoms with Crippen molar-refractivity contribution in [2.45, 2.75) is 24.3 Å². The van der Waals surface area contributed by atoms with Crippen LogP contribution in [0.15, 0.2) is 65.8 Å². The summed E-state index contributed by atoms with van der Waals surface area (Å²) in [6, 6.07) is 12.9. The molecule has 1 atom stereocenters. The maximum atomic E-state index is 13.1. The van der Waals surface area contributed by atoms with E-state index in [1.165, 1.54) is 12.1 Å². The Hall–Kier alpha value is -2.06. The molecule has 150 valence electrons. The van der Waals surface area contributed by atoms with Gasteiger partial charge in [-0.15, -0.1) is 12.4 Å². The molecule has 8 heteroatoms. The Bertz CT molecular complexity index is 1030. The fourth-order valence-corrected chi connectivity index (χ4v) is 4.13. The first-order chi connectivity index (χ1) is 12.9. The quantitative estimate of drug-likeness (QED) is 0.545. The summed E-state index contributed by atoms with van der Waals surface area (Å²) < 4.78 is 41.0. The van der Waals surface area contributed by atoms with Crippen molar-refractivity contribution in [3.05, 3.63) is 72.3 Å². The highest BCUT2D eigenvalue weighted by molar-refractivity contribution is 7.89.